The van der Waals surface area contributed by atoms with E-state index in [1.165, 1.54) is 6.42 Å². The van der Waals surface area contributed by atoms with E-state index in [1.807, 2.05) is 26.0 Å². The van der Waals surface area contributed by atoms with Gasteiger partial charge in [0, 0.05) is 17.6 Å². The number of amidine groups is 1. The van der Waals surface area contributed by atoms with Crippen LogP contribution in [0.4, 0.5) is 5.69 Å². The Morgan fingerprint density at radius 3 is 2.43 bits per heavy atom. The molecule has 28 heavy (non-hydrogen) atoms. The van der Waals surface area contributed by atoms with Gasteiger partial charge in [-0.2, -0.15) is 0 Å². The molecular weight excluding hydrogens is 370 g/mol. The van der Waals surface area contributed by atoms with E-state index in [-0.39, 0.29) is 10.4 Å². The molecule has 0 atom stereocenters. The number of likely N-dealkylation sites (tertiary alicyclic amines) is 1. The predicted octanol–water partition coefficient (Wildman–Crippen LogP) is 4.45. The van der Waals surface area contributed by atoms with E-state index < -0.39 is 10.0 Å². The zero-order chi connectivity index (χ0) is 19.9. The number of piperidine rings is 1. The van der Waals surface area contributed by atoms with Crippen LogP contribution in [0.25, 0.3) is 0 Å². The maximum atomic E-state index is 12.9. The molecule has 1 saturated heterocycles. The van der Waals surface area contributed by atoms with E-state index in [0.717, 1.165) is 43.4 Å². The summed E-state index contributed by atoms with van der Waals surface area (Å²) in [5, 5.41) is 8.93. The minimum Gasteiger partial charge on any atom is -0.351 e. The number of rotatable bonds is 4. The molecular formula is C22H27N3O2S. The molecule has 1 aliphatic carbocycles. The summed E-state index contributed by atoms with van der Waals surface area (Å²) in [4.78, 5) is 2.44. The first-order chi connectivity index (χ1) is 13.3. The van der Waals surface area contributed by atoms with Gasteiger partial charge in [-0.3, -0.25) is 10.1 Å². The number of sulfonamides is 1. The highest BCUT2D eigenvalue weighted by atomic mass is 32.2. The lowest BCUT2D eigenvalue weighted by atomic mass is 9.96. The van der Waals surface area contributed by atoms with Crippen LogP contribution in [-0.2, 0) is 10.0 Å². The Morgan fingerprint density at radius 1 is 1.04 bits per heavy atom. The second-order valence-electron chi connectivity index (χ2n) is 8.10. The van der Waals surface area contributed by atoms with Crippen molar-refractivity contribution in [2.45, 2.75) is 56.4 Å². The molecule has 5 nitrogen and oxygen atoms in total. The van der Waals surface area contributed by atoms with Crippen LogP contribution in [0.15, 0.2) is 47.4 Å². The first-order valence-electron chi connectivity index (χ1n) is 9.88. The molecule has 148 valence electrons. The maximum Gasteiger partial charge on any atom is 0.261 e. The van der Waals surface area contributed by atoms with Gasteiger partial charge < -0.3 is 4.90 Å². The number of hydrogen-bond acceptors (Lipinski definition) is 3. The summed E-state index contributed by atoms with van der Waals surface area (Å²) in [6, 6.07) is 12.3. The molecule has 0 bridgehead atoms. The van der Waals surface area contributed by atoms with E-state index in [4.69, 9.17) is 5.41 Å². The van der Waals surface area contributed by atoms with Gasteiger partial charge in [-0.1, -0.05) is 29.8 Å². The number of benzene rings is 2. The van der Waals surface area contributed by atoms with Gasteiger partial charge in [0.15, 0.2) is 0 Å². The number of hydrogen-bond donors (Lipinski definition) is 2. The SMILES string of the molecule is Cc1ccc(S(=O)(=O)Nc2cccc(C)c2C(=N)N2CCCCC23CC3)cc1. The lowest BCUT2D eigenvalue weighted by Crippen LogP contribution is -2.46. The lowest BCUT2D eigenvalue weighted by Gasteiger charge is -2.39. The normalized spacial score (nSPS) is 18.1. The fourth-order valence-electron chi connectivity index (χ4n) is 4.23. The van der Waals surface area contributed by atoms with Crippen LogP contribution in [0.3, 0.4) is 0 Å². The standard InChI is InChI=1S/C22H27N3O2S/c1-16-8-10-18(11-9-16)28(26,27)24-19-7-5-6-17(2)20(19)21(23)25-15-4-3-12-22(25)13-14-22/h5-11,23-24H,3-4,12-15H2,1-2H3. The maximum absolute atomic E-state index is 12.9. The summed E-state index contributed by atoms with van der Waals surface area (Å²) in [7, 11) is -3.71. The molecule has 2 fully saturated rings. The van der Waals surface area contributed by atoms with E-state index >= 15 is 0 Å². The highest BCUT2D eigenvalue weighted by molar-refractivity contribution is 7.92. The summed E-state index contributed by atoms with van der Waals surface area (Å²) in [6.07, 6.45) is 5.69. The first-order valence-corrected chi connectivity index (χ1v) is 11.4. The van der Waals surface area contributed by atoms with Crippen LogP contribution in [0.1, 0.15) is 48.8 Å². The fourth-order valence-corrected chi connectivity index (χ4v) is 5.30. The molecule has 0 unspecified atom stereocenters. The zero-order valence-corrected chi connectivity index (χ0v) is 17.3. The molecule has 0 aromatic heterocycles. The molecule has 6 heteroatoms. The van der Waals surface area contributed by atoms with E-state index in [1.54, 1.807) is 30.3 Å². The van der Waals surface area contributed by atoms with Crippen molar-refractivity contribution in [3.63, 3.8) is 0 Å². The van der Waals surface area contributed by atoms with Gasteiger partial charge in [-0.15, -0.1) is 0 Å². The molecule has 1 spiro atoms. The van der Waals surface area contributed by atoms with Crippen molar-refractivity contribution in [3.8, 4) is 0 Å². The van der Waals surface area contributed by atoms with E-state index in [2.05, 4.69) is 9.62 Å². The van der Waals surface area contributed by atoms with Gasteiger partial charge in [0.25, 0.3) is 10.0 Å². The molecule has 0 radical (unpaired) electrons. The van der Waals surface area contributed by atoms with Crippen molar-refractivity contribution in [1.82, 2.24) is 4.90 Å². The van der Waals surface area contributed by atoms with Gasteiger partial charge in [-0.05, 0) is 69.7 Å². The van der Waals surface area contributed by atoms with Crippen LogP contribution in [0.5, 0.6) is 0 Å². The monoisotopic (exact) mass is 397 g/mol. The van der Waals surface area contributed by atoms with Gasteiger partial charge in [0.05, 0.1) is 10.6 Å². The molecule has 1 aliphatic heterocycles. The lowest BCUT2D eigenvalue weighted by molar-refractivity contribution is 0.220. The van der Waals surface area contributed by atoms with Crippen molar-refractivity contribution >= 4 is 21.5 Å². The van der Waals surface area contributed by atoms with Crippen LogP contribution >= 0.6 is 0 Å². The Labute approximate surface area is 167 Å². The third-order valence-electron chi connectivity index (χ3n) is 6.03. The van der Waals surface area contributed by atoms with Crippen LogP contribution < -0.4 is 4.72 Å². The van der Waals surface area contributed by atoms with Crippen molar-refractivity contribution in [3.05, 3.63) is 59.2 Å². The summed E-state index contributed by atoms with van der Waals surface area (Å²) in [5.41, 5.74) is 3.22. The van der Waals surface area contributed by atoms with Crippen molar-refractivity contribution in [2.75, 3.05) is 11.3 Å². The summed E-state index contributed by atoms with van der Waals surface area (Å²) < 4.78 is 28.6. The molecule has 1 heterocycles. The minimum absolute atomic E-state index is 0.130. The number of anilines is 1. The fraction of sp³-hybridized carbons (Fsp3) is 0.409. The van der Waals surface area contributed by atoms with E-state index in [0.29, 0.717) is 17.1 Å². The third kappa shape index (κ3) is 3.41. The molecule has 0 amide bonds. The van der Waals surface area contributed by atoms with Gasteiger partial charge in [0.2, 0.25) is 0 Å². The summed E-state index contributed by atoms with van der Waals surface area (Å²) >= 11 is 0. The minimum atomic E-state index is -3.71. The number of nitrogens with zero attached hydrogens (tertiary/aromatic N) is 1. The van der Waals surface area contributed by atoms with Gasteiger partial charge in [-0.25, -0.2) is 8.42 Å². The highest BCUT2D eigenvalue weighted by Gasteiger charge is 2.50. The smallest absolute Gasteiger partial charge is 0.261 e. The average molecular weight is 398 g/mol. The third-order valence-corrected chi connectivity index (χ3v) is 7.41. The molecule has 4 rings (SSSR count). The molecule has 2 N–H and O–H groups in total. The Balaban J connectivity index is 1.68. The van der Waals surface area contributed by atoms with Crippen LogP contribution in [-0.4, -0.2) is 31.2 Å². The molecule has 2 aromatic rings. The summed E-state index contributed by atoms with van der Waals surface area (Å²) in [5.74, 6) is 0.442. The highest BCUT2D eigenvalue weighted by Crippen LogP contribution is 2.49. The molecule has 2 aromatic carbocycles. The zero-order valence-electron chi connectivity index (χ0n) is 16.5. The van der Waals surface area contributed by atoms with Crippen LogP contribution in [0, 0.1) is 19.3 Å². The van der Waals surface area contributed by atoms with Crippen molar-refractivity contribution in [2.24, 2.45) is 0 Å². The van der Waals surface area contributed by atoms with Crippen molar-refractivity contribution in [1.29, 1.82) is 5.41 Å². The van der Waals surface area contributed by atoms with Crippen molar-refractivity contribution < 1.29 is 8.42 Å². The first kappa shape index (κ1) is 19.0. The van der Waals surface area contributed by atoms with Crippen LogP contribution in [0.2, 0.25) is 0 Å². The summed E-state index contributed by atoms with van der Waals surface area (Å²) in [6.45, 7) is 4.74. The van der Waals surface area contributed by atoms with Gasteiger partial charge in [0.1, 0.15) is 5.84 Å². The molecule has 1 saturated carbocycles. The van der Waals surface area contributed by atoms with Gasteiger partial charge >= 0.3 is 0 Å². The predicted molar refractivity (Wildman–Crippen MR) is 113 cm³/mol. The molecule has 2 aliphatic rings. The Bertz CT molecular complexity index is 1010. The second kappa shape index (κ2) is 6.92. The Hall–Kier alpha value is -2.34. The largest absolute Gasteiger partial charge is 0.351 e. The number of aryl methyl sites for hydroxylation is 2. The Morgan fingerprint density at radius 2 is 1.75 bits per heavy atom. The van der Waals surface area contributed by atoms with E-state index in [9.17, 15) is 8.42 Å². The average Bonchev–Trinajstić information content (AvgIpc) is 3.41. The topological polar surface area (TPSA) is 73.3 Å². The second-order valence-corrected chi connectivity index (χ2v) is 9.78. The quantitative estimate of drug-likeness (QED) is 0.591. The number of nitrogens with one attached hydrogen (secondary N) is 2. The Kier molecular flexibility index (Phi) is 4.70.